The zero-order chi connectivity index (χ0) is 89.8. The summed E-state index contributed by atoms with van der Waals surface area (Å²) in [5.41, 5.74) is 10.3. The third-order valence-electron chi connectivity index (χ3n) is 19.1. The maximum Gasteiger partial charge on any atom is 0.279 e. The number of hydrogen-bond acceptors (Lipinski definition) is 25. The number of imidazole rings is 1. The lowest BCUT2D eigenvalue weighted by molar-refractivity contribution is 0.101. The second-order valence-electron chi connectivity index (χ2n) is 27.9. The topological polar surface area (TPSA) is 397 Å². The SMILES string of the molecule is COc1cc(F)ccc1Oc1nc2ccccc2nc1C(=O)Nc1ccc2c(c1)C=NC2.COc1cc(F)ccc1Oc1nc2ccccc2nc1C(=O)Nc1ccc2cn[nH]c2c1.COc1cc(F)ccc1Oc1nc2ccccc2nc1C(=O)Nc1ccc2nc[nH]c2c1.COc1cc(F)ccc1Oc1nc2ccccc2nc1C(=O)Nc1cccc(S(C)(=O)=O)c1. The van der Waals surface area contributed by atoms with Crippen LogP contribution in [0.15, 0.2) is 271 Å². The van der Waals surface area contributed by atoms with Crippen molar-refractivity contribution in [2.45, 2.75) is 11.4 Å². The largest absolute Gasteiger partial charge is 0.493 e. The van der Waals surface area contributed by atoms with Crippen LogP contribution in [-0.2, 0) is 16.4 Å². The van der Waals surface area contributed by atoms with Crippen LogP contribution >= 0.6 is 0 Å². The number of aromatic amines is 2. The number of aromatic nitrogens is 12. The van der Waals surface area contributed by atoms with Crippen LogP contribution in [0.4, 0.5) is 40.3 Å². The molecule has 0 saturated carbocycles. The van der Waals surface area contributed by atoms with Gasteiger partial charge in [-0.3, -0.25) is 29.3 Å². The van der Waals surface area contributed by atoms with Gasteiger partial charge in [0.05, 0.1) is 113 Å². The zero-order valence-corrected chi connectivity index (χ0v) is 69.0. The summed E-state index contributed by atoms with van der Waals surface area (Å²) in [6, 6.07) is 65.4. The van der Waals surface area contributed by atoms with E-state index in [1.54, 1.807) is 140 Å². The van der Waals surface area contributed by atoms with Gasteiger partial charge in [-0.1, -0.05) is 60.7 Å². The van der Waals surface area contributed by atoms with Gasteiger partial charge >= 0.3 is 0 Å². The molecule has 4 amide bonds. The van der Waals surface area contributed by atoms with Gasteiger partial charge in [0.2, 0.25) is 0 Å². The molecule has 7 heterocycles. The average molecular weight is 1750 g/mol. The molecule has 1 aliphatic heterocycles. The number of rotatable bonds is 21. The molecule has 6 N–H and O–H groups in total. The fourth-order valence-electron chi connectivity index (χ4n) is 12.9. The molecule has 0 atom stereocenters. The second-order valence-corrected chi connectivity index (χ2v) is 29.9. The average Bonchev–Trinajstić information content (AvgIpc) is 1.26. The Hall–Kier alpha value is -17.4. The van der Waals surface area contributed by atoms with Crippen molar-refractivity contribution < 1.29 is 83.1 Å². The third kappa shape index (κ3) is 20.0. The first-order valence-electron chi connectivity index (χ1n) is 38.7. The fraction of sp³-hybridized carbons (Fsp3) is 0.0645. The van der Waals surface area contributed by atoms with Crippen molar-refractivity contribution in [3.63, 3.8) is 0 Å². The molecule has 642 valence electrons. The van der Waals surface area contributed by atoms with Gasteiger partial charge in [0.15, 0.2) is 78.6 Å². The summed E-state index contributed by atoms with van der Waals surface area (Å²) in [6.07, 6.45) is 6.12. The highest BCUT2D eigenvalue weighted by Gasteiger charge is 2.27. The van der Waals surface area contributed by atoms with Gasteiger partial charge in [0.1, 0.15) is 23.3 Å². The van der Waals surface area contributed by atoms with E-state index in [9.17, 15) is 45.2 Å². The zero-order valence-electron chi connectivity index (χ0n) is 68.2. The maximum atomic E-state index is 13.6. The quantitative estimate of drug-likeness (QED) is 0.0364. The van der Waals surface area contributed by atoms with Crippen LogP contribution in [0.3, 0.4) is 0 Å². The first-order chi connectivity index (χ1) is 62.5. The number of amides is 4. The Morgan fingerprint density at radius 1 is 0.357 bits per heavy atom. The lowest BCUT2D eigenvalue weighted by Gasteiger charge is -2.13. The van der Waals surface area contributed by atoms with Gasteiger partial charge in [0, 0.05) is 64.9 Å². The minimum Gasteiger partial charge on any atom is -0.493 e. The van der Waals surface area contributed by atoms with E-state index in [0.29, 0.717) is 67.7 Å². The smallest absolute Gasteiger partial charge is 0.279 e. The van der Waals surface area contributed by atoms with Gasteiger partial charge in [-0.25, -0.2) is 70.8 Å². The number of benzene rings is 12. The fourth-order valence-corrected chi connectivity index (χ4v) is 13.6. The number of aliphatic imine (C=N–C) groups is 1. The Balaban J connectivity index is 0.000000126. The van der Waals surface area contributed by atoms with Crippen LogP contribution in [0.2, 0.25) is 0 Å². The van der Waals surface area contributed by atoms with Crippen molar-refractivity contribution >= 4 is 129 Å². The monoisotopic (exact) mass is 1750 g/mol. The Morgan fingerprint density at radius 2 is 0.705 bits per heavy atom. The number of halogens is 4. The first-order valence-corrected chi connectivity index (χ1v) is 40.6. The van der Waals surface area contributed by atoms with Crippen LogP contribution in [0.5, 0.6) is 69.5 Å². The number of carbonyl (C=O) groups excluding carboxylic acids is 4. The normalized spacial score (nSPS) is 11.3. The van der Waals surface area contributed by atoms with Crippen molar-refractivity contribution in [2.75, 3.05) is 56.0 Å². The molecule has 0 spiro atoms. The van der Waals surface area contributed by atoms with E-state index in [0.717, 1.165) is 45.4 Å². The summed E-state index contributed by atoms with van der Waals surface area (Å²) in [4.78, 5) is 99.6. The van der Waals surface area contributed by atoms with E-state index in [2.05, 4.69) is 86.3 Å². The molecule has 12 aromatic carbocycles. The van der Waals surface area contributed by atoms with Crippen molar-refractivity contribution in [1.29, 1.82) is 0 Å². The second kappa shape index (κ2) is 37.7. The van der Waals surface area contributed by atoms with Crippen molar-refractivity contribution in [2.24, 2.45) is 4.99 Å². The number of anilines is 4. The van der Waals surface area contributed by atoms with Crippen LogP contribution in [0.25, 0.3) is 66.1 Å². The molecule has 0 bridgehead atoms. The molecular weight excluding hydrogens is 1690 g/mol. The lowest BCUT2D eigenvalue weighted by Crippen LogP contribution is -2.16. The molecule has 0 aliphatic carbocycles. The molecule has 19 rings (SSSR count). The van der Waals surface area contributed by atoms with Gasteiger partial charge in [0.25, 0.3) is 47.1 Å². The number of para-hydroxylation sites is 8. The number of fused-ring (bicyclic) bond motifs is 7. The Kier molecular flexibility index (Phi) is 24.9. The predicted octanol–water partition coefficient (Wildman–Crippen LogP) is 18.4. The molecule has 129 heavy (non-hydrogen) atoms. The summed E-state index contributed by atoms with van der Waals surface area (Å²) in [6.45, 7) is 0.636. The van der Waals surface area contributed by atoms with Crippen LogP contribution in [-0.4, -0.2) is 133 Å². The number of methoxy groups -OCH3 is 4. The van der Waals surface area contributed by atoms with Crippen molar-refractivity contribution in [3.05, 3.63) is 318 Å². The molecule has 0 fully saturated rings. The Bertz CT molecular complexity index is 7340. The summed E-state index contributed by atoms with van der Waals surface area (Å²) in [5, 5.41) is 18.8. The minimum atomic E-state index is -3.46. The van der Waals surface area contributed by atoms with E-state index in [1.165, 1.54) is 113 Å². The molecule has 31 nitrogen and oxygen atoms in total. The molecule has 0 unspecified atom stereocenters. The van der Waals surface area contributed by atoms with E-state index in [1.807, 2.05) is 36.4 Å². The Labute approximate surface area is 728 Å². The van der Waals surface area contributed by atoms with Gasteiger partial charge in [-0.2, -0.15) is 5.10 Å². The van der Waals surface area contributed by atoms with Gasteiger partial charge in [-0.05, 0) is 175 Å². The highest BCUT2D eigenvalue weighted by molar-refractivity contribution is 7.90. The summed E-state index contributed by atoms with van der Waals surface area (Å²) >= 11 is 0. The number of carbonyl (C=O) groups is 4. The Morgan fingerprint density at radius 3 is 1.09 bits per heavy atom. The van der Waals surface area contributed by atoms with Gasteiger partial charge in [-0.15, -0.1) is 0 Å². The molecule has 1 aliphatic rings. The maximum absolute atomic E-state index is 13.6. The predicted molar refractivity (Wildman–Crippen MR) is 472 cm³/mol. The molecule has 0 saturated heterocycles. The van der Waals surface area contributed by atoms with E-state index in [-0.39, 0.29) is 103 Å². The number of nitrogens with zero attached hydrogens (tertiary/aromatic N) is 11. The molecule has 6 aromatic heterocycles. The van der Waals surface area contributed by atoms with Crippen LogP contribution < -0.4 is 59.2 Å². The summed E-state index contributed by atoms with van der Waals surface area (Å²) in [7, 11) is 2.09. The first kappa shape index (κ1) is 85.1. The van der Waals surface area contributed by atoms with Crippen molar-refractivity contribution in [1.82, 2.24) is 60.0 Å². The van der Waals surface area contributed by atoms with Gasteiger partial charge < -0.3 is 64.1 Å². The summed E-state index contributed by atoms with van der Waals surface area (Å²) < 4.78 is 122. The van der Waals surface area contributed by atoms with E-state index in [4.69, 9.17) is 37.9 Å². The molecule has 0 radical (unpaired) electrons. The molecular formula is C93H67F4N17O14S. The lowest BCUT2D eigenvalue weighted by atomic mass is 10.1. The summed E-state index contributed by atoms with van der Waals surface area (Å²) in [5.74, 6) is -3.02. The number of H-pyrrole nitrogens is 2. The number of ether oxygens (including phenoxy) is 8. The number of hydrogen-bond donors (Lipinski definition) is 6. The van der Waals surface area contributed by atoms with Crippen LogP contribution in [0.1, 0.15) is 53.1 Å². The molecule has 36 heteroatoms. The third-order valence-corrected chi connectivity index (χ3v) is 20.2. The highest BCUT2D eigenvalue weighted by atomic mass is 32.2. The minimum absolute atomic E-state index is 0.00996. The number of sulfone groups is 1. The van der Waals surface area contributed by atoms with E-state index < -0.39 is 56.7 Å². The highest BCUT2D eigenvalue weighted by Crippen LogP contribution is 2.40. The molecule has 18 aromatic rings. The van der Waals surface area contributed by atoms with E-state index >= 15 is 0 Å². The standard InChI is InChI=1S/C24H17FN4O3.2C23H16FN5O3.C23H18FN3O5S/c1-31-21-11-16(25)7-9-20(21)32-24-22(28-18-4-2-3-5-19(18)29-24)23(30)27-17-8-6-14-12-26-13-15(14)10-17;1-31-20-10-13(24)6-9-19(20)32-23-21(28-16-4-2-3-5-17(16)29-23)22(30)27-14-7-8-15-18(11-14)26-12-25-15;1-31-20-10-14(24)7-9-19(20)32-23-21(27-16-4-2-3-5-17(16)28-23)22(30)26-15-8-6-13-12-25-29-18(13)11-15;1-31-20-12-14(24)10-11-19(20)32-23-21(26-17-8-3-4-9-18(17)27-23)22(28)25-15-6-5-7-16(13-15)33(2,29)30/h2-11,13H,12H2,1H3,(H,27,30);2-12H,1H3,(H,25,26)(H,27,30);2-12H,1H3,(H,25,29)(H,26,30);3-13H,1-2H3,(H,25,28). The van der Waals surface area contributed by atoms with Crippen molar-refractivity contribution in [3.8, 4) is 69.5 Å². The number of nitrogens with one attached hydrogen (secondary N) is 6. The van der Waals surface area contributed by atoms with Crippen LogP contribution in [0, 0.1) is 23.3 Å².